The summed E-state index contributed by atoms with van der Waals surface area (Å²) in [5.41, 5.74) is 1.31. The molecule has 1 aromatic heterocycles. The first-order chi connectivity index (χ1) is 8.00. The van der Waals surface area contributed by atoms with Crippen molar-refractivity contribution in [3.05, 3.63) is 23.2 Å². The largest absolute Gasteiger partial charge is 0.361 e. The van der Waals surface area contributed by atoms with Gasteiger partial charge in [0.05, 0.1) is 10.2 Å². The molecule has 2 nitrogen and oxygen atoms in total. The van der Waals surface area contributed by atoms with E-state index in [9.17, 15) is 0 Å². The lowest BCUT2D eigenvalue weighted by Gasteiger charge is -2.22. The molecule has 0 fully saturated rings. The topological polar surface area (TPSA) is 24.9 Å². The number of thiazole rings is 1. The van der Waals surface area contributed by atoms with Gasteiger partial charge in [-0.3, -0.25) is 0 Å². The maximum Gasteiger partial charge on any atom is 0.183 e. The molecular formula is C13H17ClN2S. The molecule has 17 heavy (non-hydrogen) atoms. The Kier molecular flexibility index (Phi) is 3.59. The third-order valence-electron chi connectivity index (χ3n) is 3.03. The van der Waals surface area contributed by atoms with Crippen LogP contribution in [0.25, 0.3) is 10.2 Å². The van der Waals surface area contributed by atoms with Gasteiger partial charge < -0.3 is 5.32 Å². The summed E-state index contributed by atoms with van der Waals surface area (Å²) in [7, 11) is 0. The predicted molar refractivity (Wildman–Crippen MR) is 77.2 cm³/mol. The van der Waals surface area contributed by atoms with Gasteiger partial charge in [-0.2, -0.15) is 0 Å². The lowest BCUT2D eigenvalue weighted by atomic mass is 9.90. The minimum absolute atomic E-state index is 0.301. The first kappa shape index (κ1) is 12.7. The zero-order valence-electron chi connectivity index (χ0n) is 10.4. The van der Waals surface area contributed by atoms with Crippen LogP contribution in [0, 0.1) is 5.41 Å². The zero-order valence-corrected chi connectivity index (χ0v) is 12.0. The Morgan fingerprint density at radius 3 is 2.88 bits per heavy atom. The summed E-state index contributed by atoms with van der Waals surface area (Å²) in [6, 6.07) is 5.80. The van der Waals surface area contributed by atoms with Crippen LogP contribution in [-0.4, -0.2) is 11.5 Å². The minimum atomic E-state index is 0.301. The van der Waals surface area contributed by atoms with Crippen molar-refractivity contribution in [1.82, 2.24) is 4.98 Å². The predicted octanol–water partition coefficient (Wildman–Crippen LogP) is 4.80. The van der Waals surface area contributed by atoms with E-state index in [0.29, 0.717) is 5.41 Å². The Balaban J connectivity index is 2.15. The molecule has 92 valence electrons. The molecule has 2 aromatic rings. The van der Waals surface area contributed by atoms with E-state index in [4.69, 9.17) is 11.6 Å². The molecule has 0 spiro atoms. The Morgan fingerprint density at radius 1 is 1.41 bits per heavy atom. The van der Waals surface area contributed by atoms with Crippen molar-refractivity contribution in [2.45, 2.75) is 27.2 Å². The Bertz CT molecular complexity index is 519. The van der Waals surface area contributed by atoms with Crippen LogP contribution in [0.15, 0.2) is 18.2 Å². The van der Waals surface area contributed by atoms with E-state index < -0.39 is 0 Å². The molecule has 0 atom stereocenters. The molecule has 0 saturated heterocycles. The van der Waals surface area contributed by atoms with Crippen LogP contribution in [-0.2, 0) is 0 Å². The molecular weight excluding hydrogens is 252 g/mol. The Morgan fingerprint density at radius 2 is 2.18 bits per heavy atom. The lowest BCUT2D eigenvalue weighted by molar-refractivity contribution is 0.377. The standard InChI is InChI=1S/C13H17ClN2S/c1-4-13(2,3)8-15-12-16-10-6-5-9(14)7-11(10)17-12/h5-7H,4,8H2,1-3H3,(H,15,16). The molecule has 1 N–H and O–H groups in total. The SMILES string of the molecule is CCC(C)(C)CNc1nc2ccc(Cl)cc2s1. The van der Waals surface area contributed by atoms with Crippen molar-refractivity contribution in [3.8, 4) is 0 Å². The van der Waals surface area contributed by atoms with Gasteiger partial charge in [0.2, 0.25) is 0 Å². The number of halogens is 1. The normalized spacial score (nSPS) is 12.0. The second-order valence-corrected chi connectivity index (χ2v) is 6.47. The lowest BCUT2D eigenvalue weighted by Crippen LogP contribution is -2.21. The molecule has 0 bridgehead atoms. The molecule has 0 amide bonds. The highest BCUT2D eigenvalue weighted by Crippen LogP contribution is 2.29. The van der Waals surface area contributed by atoms with Crippen molar-refractivity contribution >= 4 is 38.3 Å². The van der Waals surface area contributed by atoms with E-state index >= 15 is 0 Å². The maximum atomic E-state index is 5.96. The first-order valence-corrected chi connectivity index (χ1v) is 6.99. The summed E-state index contributed by atoms with van der Waals surface area (Å²) in [6.07, 6.45) is 1.15. The highest BCUT2D eigenvalue weighted by atomic mass is 35.5. The van der Waals surface area contributed by atoms with Gasteiger partial charge >= 0.3 is 0 Å². The minimum Gasteiger partial charge on any atom is -0.361 e. The molecule has 4 heteroatoms. The summed E-state index contributed by atoms with van der Waals surface area (Å²) in [6.45, 7) is 7.66. The second-order valence-electron chi connectivity index (χ2n) is 5.00. The van der Waals surface area contributed by atoms with E-state index in [1.54, 1.807) is 11.3 Å². The van der Waals surface area contributed by atoms with Crippen LogP contribution < -0.4 is 5.32 Å². The van der Waals surface area contributed by atoms with Crippen LogP contribution in [0.4, 0.5) is 5.13 Å². The molecule has 0 radical (unpaired) electrons. The highest BCUT2D eigenvalue weighted by molar-refractivity contribution is 7.22. The fourth-order valence-electron chi connectivity index (χ4n) is 1.41. The molecule has 0 aliphatic carbocycles. The number of rotatable bonds is 4. The van der Waals surface area contributed by atoms with Crippen molar-refractivity contribution in [2.24, 2.45) is 5.41 Å². The fraction of sp³-hybridized carbons (Fsp3) is 0.462. The second kappa shape index (κ2) is 4.83. The number of anilines is 1. The van der Waals surface area contributed by atoms with Gasteiger partial charge in [0, 0.05) is 11.6 Å². The van der Waals surface area contributed by atoms with Crippen molar-refractivity contribution in [1.29, 1.82) is 0 Å². The fourth-order valence-corrected chi connectivity index (χ4v) is 2.55. The first-order valence-electron chi connectivity index (χ1n) is 5.80. The number of hydrogen-bond acceptors (Lipinski definition) is 3. The maximum absolute atomic E-state index is 5.96. The monoisotopic (exact) mass is 268 g/mol. The quantitative estimate of drug-likeness (QED) is 0.862. The Hall–Kier alpha value is -0.800. The van der Waals surface area contributed by atoms with Gasteiger partial charge in [0.1, 0.15) is 0 Å². The summed E-state index contributed by atoms with van der Waals surface area (Å²) in [5, 5.41) is 5.15. The van der Waals surface area contributed by atoms with E-state index in [2.05, 4.69) is 31.1 Å². The average Bonchev–Trinajstić information content (AvgIpc) is 2.68. The van der Waals surface area contributed by atoms with Crippen molar-refractivity contribution < 1.29 is 0 Å². The Labute approximate surface area is 111 Å². The van der Waals surface area contributed by atoms with Gasteiger partial charge in [0.25, 0.3) is 0 Å². The van der Waals surface area contributed by atoms with Gasteiger partial charge in [0.15, 0.2) is 5.13 Å². The smallest absolute Gasteiger partial charge is 0.183 e. The van der Waals surface area contributed by atoms with Gasteiger partial charge in [-0.05, 0) is 30.0 Å². The van der Waals surface area contributed by atoms with Crippen molar-refractivity contribution in [2.75, 3.05) is 11.9 Å². The van der Waals surface area contributed by atoms with Gasteiger partial charge in [-0.1, -0.05) is 43.7 Å². The number of nitrogens with one attached hydrogen (secondary N) is 1. The molecule has 1 aromatic carbocycles. The summed E-state index contributed by atoms with van der Waals surface area (Å²) >= 11 is 7.61. The van der Waals surface area contributed by atoms with Gasteiger partial charge in [-0.15, -0.1) is 0 Å². The molecule has 0 aliphatic rings. The molecule has 1 heterocycles. The summed E-state index contributed by atoms with van der Waals surface area (Å²) in [5.74, 6) is 0. The van der Waals surface area contributed by atoms with Gasteiger partial charge in [-0.25, -0.2) is 4.98 Å². The van der Waals surface area contributed by atoms with Crippen LogP contribution in [0.1, 0.15) is 27.2 Å². The number of nitrogens with zero attached hydrogens (tertiary/aromatic N) is 1. The third kappa shape index (κ3) is 3.11. The summed E-state index contributed by atoms with van der Waals surface area (Å²) in [4.78, 5) is 4.54. The zero-order chi connectivity index (χ0) is 12.5. The number of fused-ring (bicyclic) bond motifs is 1. The molecule has 0 unspecified atom stereocenters. The molecule has 0 aliphatic heterocycles. The van der Waals surface area contributed by atoms with E-state index in [0.717, 1.165) is 33.3 Å². The molecule has 0 saturated carbocycles. The average molecular weight is 269 g/mol. The molecule has 2 rings (SSSR count). The third-order valence-corrected chi connectivity index (χ3v) is 4.24. The van der Waals surface area contributed by atoms with Crippen LogP contribution in [0.3, 0.4) is 0 Å². The van der Waals surface area contributed by atoms with E-state index in [1.165, 1.54) is 0 Å². The van der Waals surface area contributed by atoms with Crippen molar-refractivity contribution in [3.63, 3.8) is 0 Å². The number of hydrogen-bond donors (Lipinski definition) is 1. The van der Waals surface area contributed by atoms with E-state index in [1.807, 2.05) is 18.2 Å². The number of benzene rings is 1. The highest BCUT2D eigenvalue weighted by Gasteiger charge is 2.15. The van der Waals surface area contributed by atoms with E-state index in [-0.39, 0.29) is 0 Å². The van der Waals surface area contributed by atoms with Crippen LogP contribution >= 0.6 is 22.9 Å². The summed E-state index contributed by atoms with van der Waals surface area (Å²) < 4.78 is 1.13. The van der Waals surface area contributed by atoms with Crippen LogP contribution in [0.5, 0.6) is 0 Å². The van der Waals surface area contributed by atoms with Crippen LogP contribution in [0.2, 0.25) is 5.02 Å². The number of aromatic nitrogens is 1.